The lowest BCUT2D eigenvalue weighted by Crippen LogP contribution is -2.58. The summed E-state index contributed by atoms with van der Waals surface area (Å²) in [7, 11) is -3.93. The number of carbonyl (C=O) groups is 1. The monoisotopic (exact) mass is 407 g/mol. The number of carboxylic acids is 1. The SMILES string of the molecule is CC1(C)SCCN(S(=O)(=O)c2ccc(Oc3ccccc3)cc2)C1C(=O)O. The van der Waals surface area contributed by atoms with Gasteiger partial charge in [-0.2, -0.15) is 16.1 Å². The summed E-state index contributed by atoms with van der Waals surface area (Å²) in [6, 6.07) is 14.1. The molecule has 1 aliphatic rings. The maximum Gasteiger partial charge on any atom is 0.323 e. The summed E-state index contributed by atoms with van der Waals surface area (Å²) in [4.78, 5) is 11.8. The van der Waals surface area contributed by atoms with Crippen LogP contribution in [-0.4, -0.2) is 46.9 Å². The van der Waals surface area contributed by atoms with Crippen LogP contribution in [0.1, 0.15) is 13.8 Å². The molecule has 2 aromatic rings. The van der Waals surface area contributed by atoms with Crippen LogP contribution >= 0.6 is 11.8 Å². The summed E-state index contributed by atoms with van der Waals surface area (Å²) in [5.74, 6) is 0.559. The number of aliphatic carboxylic acids is 1. The molecule has 2 aromatic carbocycles. The number of carboxylic acid groups (broad SMARTS) is 1. The normalized spacial score (nSPS) is 20.1. The summed E-state index contributed by atoms with van der Waals surface area (Å²) in [6.45, 7) is 3.68. The maximum atomic E-state index is 13.1. The van der Waals surface area contributed by atoms with Crippen molar-refractivity contribution >= 4 is 27.8 Å². The lowest BCUT2D eigenvalue weighted by atomic mass is 10.0. The van der Waals surface area contributed by atoms with Gasteiger partial charge in [0.1, 0.15) is 17.5 Å². The number of nitrogens with zero attached hydrogens (tertiary/aromatic N) is 1. The van der Waals surface area contributed by atoms with Gasteiger partial charge in [0.2, 0.25) is 10.0 Å². The molecule has 8 heteroatoms. The van der Waals surface area contributed by atoms with Gasteiger partial charge < -0.3 is 9.84 Å². The van der Waals surface area contributed by atoms with Gasteiger partial charge in [-0.3, -0.25) is 4.79 Å². The van der Waals surface area contributed by atoms with Crippen LogP contribution in [-0.2, 0) is 14.8 Å². The molecule has 0 aliphatic carbocycles. The number of hydrogen-bond acceptors (Lipinski definition) is 5. The van der Waals surface area contributed by atoms with Crippen molar-refractivity contribution in [1.82, 2.24) is 4.31 Å². The molecule has 3 rings (SSSR count). The first kappa shape index (κ1) is 19.7. The Balaban J connectivity index is 1.87. The molecule has 1 saturated heterocycles. The average molecular weight is 408 g/mol. The van der Waals surface area contributed by atoms with E-state index in [0.29, 0.717) is 17.3 Å². The van der Waals surface area contributed by atoms with Gasteiger partial charge in [-0.15, -0.1) is 0 Å². The molecular weight excluding hydrogens is 386 g/mol. The second kappa shape index (κ2) is 7.53. The molecule has 1 heterocycles. The van der Waals surface area contributed by atoms with Crippen molar-refractivity contribution in [2.45, 2.75) is 29.5 Å². The summed E-state index contributed by atoms with van der Waals surface area (Å²) in [5, 5.41) is 9.62. The van der Waals surface area contributed by atoms with E-state index in [2.05, 4.69) is 0 Å². The van der Waals surface area contributed by atoms with E-state index in [9.17, 15) is 18.3 Å². The van der Waals surface area contributed by atoms with Crippen LogP contribution in [0.5, 0.6) is 11.5 Å². The third-order valence-electron chi connectivity index (χ3n) is 4.38. The second-order valence-corrected chi connectivity index (χ2v) is 10.3. The molecule has 1 fully saturated rings. The van der Waals surface area contributed by atoms with E-state index in [-0.39, 0.29) is 11.4 Å². The summed E-state index contributed by atoms with van der Waals surface area (Å²) < 4.78 is 32.2. The summed E-state index contributed by atoms with van der Waals surface area (Å²) >= 11 is 1.47. The quantitative estimate of drug-likeness (QED) is 0.817. The fraction of sp³-hybridized carbons (Fsp3) is 0.316. The van der Waals surface area contributed by atoms with E-state index >= 15 is 0 Å². The topological polar surface area (TPSA) is 83.9 Å². The second-order valence-electron chi connectivity index (χ2n) is 6.69. The van der Waals surface area contributed by atoms with Gasteiger partial charge in [0.05, 0.1) is 4.90 Å². The summed E-state index contributed by atoms with van der Waals surface area (Å²) in [5.41, 5.74) is 0. The predicted octanol–water partition coefficient (Wildman–Crippen LogP) is 3.45. The minimum absolute atomic E-state index is 0.0526. The van der Waals surface area contributed by atoms with Crippen molar-refractivity contribution < 1.29 is 23.1 Å². The van der Waals surface area contributed by atoms with Crippen molar-refractivity contribution in [3.63, 3.8) is 0 Å². The third-order valence-corrected chi connectivity index (χ3v) is 7.61. The van der Waals surface area contributed by atoms with E-state index < -0.39 is 26.8 Å². The first-order valence-electron chi connectivity index (χ1n) is 8.43. The van der Waals surface area contributed by atoms with Crippen molar-refractivity contribution in [3.8, 4) is 11.5 Å². The first-order chi connectivity index (χ1) is 12.7. The Kier molecular flexibility index (Phi) is 5.50. The number of thioether (sulfide) groups is 1. The highest BCUT2D eigenvalue weighted by molar-refractivity contribution is 8.00. The van der Waals surface area contributed by atoms with Crippen LogP contribution in [0.25, 0.3) is 0 Å². The molecule has 1 atom stereocenters. The Morgan fingerprint density at radius 1 is 1.11 bits per heavy atom. The van der Waals surface area contributed by atoms with Crippen LogP contribution in [0.15, 0.2) is 59.5 Å². The Labute approximate surface area is 163 Å². The van der Waals surface area contributed by atoms with Crippen molar-refractivity contribution in [3.05, 3.63) is 54.6 Å². The van der Waals surface area contributed by atoms with Crippen LogP contribution in [0.3, 0.4) is 0 Å². The molecule has 6 nitrogen and oxygen atoms in total. The van der Waals surface area contributed by atoms with Crippen LogP contribution in [0.2, 0.25) is 0 Å². The molecule has 27 heavy (non-hydrogen) atoms. The van der Waals surface area contributed by atoms with Crippen molar-refractivity contribution in [2.24, 2.45) is 0 Å². The molecule has 1 unspecified atom stereocenters. The molecule has 1 aliphatic heterocycles. The number of benzene rings is 2. The van der Waals surface area contributed by atoms with E-state index in [1.54, 1.807) is 38.1 Å². The highest BCUT2D eigenvalue weighted by Crippen LogP contribution is 2.38. The Bertz CT molecular complexity index is 911. The minimum atomic E-state index is -3.93. The fourth-order valence-electron chi connectivity index (χ4n) is 3.07. The van der Waals surface area contributed by atoms with Gasteiger partial charge >= 0.3 is 5.97 Å². The Morgan fingerprint density at radius 3 is 2.30 bits per heavy atom. The van der Waals surface area contributed by atoms with Gasteiger partial charge in [-0.1, -0.05) is 18.2 Å². The maximum absolute atomic E-state index is 13.1. The number of ether oxygens (including phenoxy) is 1. The third kappa shape index (κ3) is 4.12. The smallest absolute Gasteiger partial charge is 0.323 e. The summed E-state index contributed by atoms with van der Waals surface area (Å²) in [6.07, 6.45) is 0. The highest BCUT2D eigenvalue weighted by Gasteiger charge is 2.48. The fourth-order valence-corrected chi connectivity index (χ4v) is 6.17. The molecule has 0 radical (unpaired) electrons. The van der Waals surface area contributed by atoms with E-state index in [4.69, 9.17) is 4.74 Å². The molecule has 0 spiro atoms. The molecule has 0 aromatic heterocycles. The lowest BCUT2D eigenvalue weighted by Gasteiger charge is -2.42. The zero-order valence-electron chi connectivity index (χ0n) is 15.0. The zero-order chi connectivity index (χ0) is 19.7. The molecule has 0 amide bonds. The van der Waals surface area contributed by atoms with E-state index in [1.807, 2.05) is 18.2 Å². The van der Waals surface area contributed by atoms with Crippen molar-refractivity contribution in [2.75, 3.05) is 12.3 Å². The van der Waals surface area contributed by atoms with Gasteiger partial charge in [-0.05, 0) is 50.2 Å². The Hall–Kier alpha value is -2.03. The first-order valence-corrected chi connectivity index (χ1v) is 10.9. The minimum Gasteiger partial charge on any atom is -0.480 e. The van der Waals surface area contributed by atoms with Crippen LogP contribution < -0.4 is 4.74 Å². The molecule has 1 N–H and O–H groups in total. The predicted molar refractivity (Wildman–Crippen MR) is 105 cm³/mol. The van der Waals surface area contributed by atoms with Gasteiger partial charge in [0.25, 0.3) is 0 Å². The highest BCUT2D eigenvalue weighted by atomic mass is 32.2. The van der Waals surface area contributed by atoms with Gasteiger partial charge in [0.15, 0.2) is 0 Å². The number of rotatable bonds is 5. The van der Waals surface area contributed by atoms with Crippen LogP contribution in [0, 0.1) is 0 Å². The largest absolute Gasteiger partial charge is 0.480 e. The number of sulfonamides is 1. The Morgan fingerprint density at radius 2 is 1.70 bits per heavy atom. The van der Waals surface area contributed by atoms with E-state index in [1.165, 1.54) is 23.9 Å². The standard InChI is InChI=1S/C19H21NO5S2/c1-19(2)17(18(21)22)20(12-13-26-19)27(23,24)16-10-8-15(9-11-16)25-14-6-4-3-5-7-14/h3-11,17H,12-13H2,1-2H3,(H,21,22). The molecule has 144 valence electrons. The van der Waals surface area contributed by atoms with Gasteiger partial charge in [0, 0.05) is 17.0 Å². The molecular formula is C19H21NO5S2. The zero-order valence-corrected chi connectivity index (χ0v) is 16.7. The van der Waals surface area contributed by atoms with E-state index in [0.717, 1.165) is 4.31 Å². The number of para-hydroxylation sites is 1. The lowest BCUT2D eigenvalue weighted by molar-refractivity contribution is -0.142. The van der Waals surface area contributed by atoms with Crippen LogP contribution in [0.4, 0.5) is 0 Å². The number of hydrogen-bond donors (Lipinski definition) is 1. The average Bonchev–Trinajstić information content (AvgIpc) is 2.61. The van der Waals surface area contributed by atoms with Crippen molar-refractivity contribution in [1.29, 1.82) is 0 Å². The van der Waals surface area contributed by atoms with Gasteiger partial charge in [-0.25, -0.2) is 8.42 Å². The molecule has 0 saturated carbocycles. The molecule has 0 bridgehead atoms.